The summed E-state index contributed by atoms with van der Waals surface area (Å²) in [5.41, 5.74) is 4.68. The summed E-state index contributed by atoms with van der Waals surface area (Å²) in [6.07, 6.45) is 0. The Kier molecular flexibility index (Phi) is 3.85. The molecule has 0 bridgehead atoms. The summed E-state index contributed by atoms with van der Waals surface area (Å²) in [7, 11) is 0. The highest BCUT2D eigenvalue weighted by molar-refractivity contribution is 9.10. The van der Waals surface area contributed by atoms with Gasteiger partial charge in [0.05, 0.1) is 20.7 Å². The number of thiazole rings is 1. The molecule has 1 aromatic heterocycles. The van der Waals surface area contributed by atoms with Crippen LogP contribution in [0.25, 0.3) is 10.2 Å². The maximum absolute atomic E-state index is 10.9. The quantitative estimate of drug-likeness (QED) is 0.544. The molecule has 0 aliphatic rings. The first-order valence-electron chi connectivity index (χ1n) is 6.13. The van der Waals surface area contributed by atoms with E-state index >= 15 is 0 Å². The second kappa shape index (κ2) is 5.79. The number of nitro benzene ring substituents is 1. The molecule has 5 nitrogen and oxygen atoms in total. The van der Waals surface area contributed by atoms with Crippen LogP contribution >= 0.6 is 27.3 Å². The van der Waals surface area contributed by atoms with Crippen molar-refractivity contribution in [3.63, 3.8) is 0 Å². The van der Waals surface area contributed by atoms with Crippen molar-refractivity contribution in [1.82, 2.24) is 4.98 Å². The summed E-state index contributed by atoms with van der Waals surface area (Å²) in [6.45, 7) is 0.518. The van der Waals surface area contributed by atoms with Crippen molar-refractivity contribution in [3.8, 4) is 0 Å². The Labute approximate surface area is 132 Å². The molecule has 0 saturated carbocycles. The van der Waals surface area contributed by atoms with Crippen molar-refractivity contribution in [2.24, 2.45) is 0 Å². The van der Waals surface area contributed by atoms with Gasteiger partial charge in [-0.15, -0.1) is 11.3 Å². The van der Waals surface area contributed by atoms with Gasteiger partial charge in [0.2, 0.25) is 0 Å². The first-order valence-corrected chi connectivity index (χ1v) is 7.80. The Balaban J connectivity index is 1.79. The molecular weight excluding hydrogens is 354 g/mol. The van der Waals surface area contributed by atoms with Crippen LogP contribution in [0.1, 0.15) is 5.56 Å². The zero-order valence-corrected chi connectivity index (χ0v) is 13.1. The summed E-state index contributed by atoms with van der Waals surface area (Å²) in [6, 6.07) is 10.9. The Hall–Kier alpha value is -1.99. The lowest BCUT2D eigenvalue weighted by molar-refractivity contribution is -0.385. The normalized spacial score (nSPS) is 10.7. The second-order valence-electron chi connectivity index (χ2n) is 4.46. The van der Waals surface area contributed by atoms with E-state index in [1.165, 1.54) is 6.07 Å². The van der Waals surface area contributed by atoms with Crippen molar-refractivity contribution in [3.05, 3.63) is 62.1 Å². The van der Waals surface area contributed by atoms with E-state index in [0.29, 0.717) is 11.0 Å². The van der Waals surface area contributed by atoms with Gasteiger partial charge in [-0.2, -0.15) is 0 Å². The van der Waals surface area contributed by atoms with Crippen molar-refractivity contribution >= 4 is 48.9 Å². The average Bonchev–Trinajstić information content (AvgIpc) is 2.92. The largest absolute Gasteiger partial charge is 0.381 e. The summed E-state index contributed by atoms with van der Waals surface area (Å²) in [4.78, 5) is 14.7. The third-order valence-corrected chi connectivity index (χ3v) is 4.23. The maximum Gasteiger partial charge on any atom is 0.270 e. The number of halogens is 1. The van der Waals surface area contributed by atoms with Crippen molar-refractivity contribution in [1.29, 1.82) is 0 Å². The molecular formula is C14H10BrN3O2S. The Bertz CT molecular complexity index is 819. The van der Waals surface area contributed by atoms with E-state index in [4.69, 9.17) is 0 Å². The van der Waals surface area contributed by atoms with Crippen LogP contribution in [0, 0.1) is 10.1 Å². The molecule has 1 N–H and O–H groups in total. The van der Waals surface area contributed by atoms with Gasteiger partial charge in [0.1, 0.15) is 0 Å². The fraction of sp³-hybridized carbons (Fsp3) is 0.0714. The minimum Gasteiger partial charge on any atom is -0.381 e. The molecule has 0 atom stereocenters. The van der Waals surface area contributed by atoms with Crippen LogP contribution in [0.5, 0.6) is 0 Å². The number of fused-ring (bicyclic) bond motifs is 1. The predicted molar refractivity (Wildman–Crippen MR) is 87.7 cm³/mol. The molecule has 0 amide bonds. The lowest BCUT2D eigenvalue weighted by atomic mass is 10.2. The van der Waals surface area contributed by atoms with Crippen LogP contribution in [-0.2, 0) is 6.54 Å². The molecule has 2 aromatic carbocycles. The SMILES string of the molecule is O=[N+]([O-])c1cc(Br)cc(CNc2ccc3ncsc3c2)c1. The number of nitrogens with zero attached hydrogens (tertiary/aromatic N) is 2. The summed E-state index contributed by atoms with van der Waals surface area (Å²) >= 11 is 4.88. The number of aromatic nitrogens is 1. The molecule has 21 heavy (non-hydrogen) atoms. The van der Waals surface area contributed by atoms with Gasteiger partial charge in [-0.05, 0) is 29.8 Å². The van der Waals surface area contributed by atoms with E-state index in [1.54, 1.807) is 17.4 Å². The van der Waals surface area contributed by atoms with Crippen LogP contribution in [0.15, 0.2) is 46.4 Å². The number of non-ortho nitro benzene ring substituents is 1. The molecule has 0 aliphatic carbocycles. The molecule has 0 spiro atoms. The van der Waals surface area contributed by atoms with Gasteiger partial charge in [-0.1, -0.05) is 15.9 Å². The fourth-order valence-corrected chi connectivity index (χ4v) is 3.25. The van der Waals surface area contributed by atoms with E-state index in [-0.39, 0.29) is 5.69 Å². The minimum atomic E-state index is -0.391. The standard InChI is InChI=1S/C14H10BrN3O2S/c15-10-3-9(4-12(5-10)18(19)20)7-16-11-1-2-13-14(6-11)21-8-17-13/h1-6,8,16H,7H2. The molecule has 0 aliphatic heterocycles. The number of anilines is 1. The van der Waals surface area contributed by atoms with Gasteiger partial charge < -0.3 is 5.32 Å². The van der Waals surface area contributed by atoms with Crippen molar-refractivity contribution in [2.45, 2.75) is 6.54 Å². The van der Waals surface area contributed by atoms with Crippen LogP contribution < -0.4 is 5.32 Å². The second-order valence-corrected chi connectivity index (χ2v) is 6.27. The first-order chi connectivity index (χ1) is 10.1. The van der Waals surface area contributed by atoms with Gasteiger partial charge in [-0.3, -0.25) is 10.1 Å². The van der Waals surface area contributed by atoms with Gasteiger partial charge >= 0.3 is 0 Å². The Morgan fingerprint density at radius 2 is 2.14 bits per heavy atom. The van der Waals surface area contributed by atoms with Crippen LogP contribution in [0.2, 0.25) is 0 Å². The molecule has 0 saturated heterocycles. The summed E-state index contributed by atoms with van der Waals surface area (Å²) in [5.74, 6) is 0. The Morgan fingerprint density at radius 3 is 2.95 bits per heavy atom. The van der Waals surface area contributed by atoms with E-state index in [2.05, 4.69) is 26.2 Å². The number of nitro groups is 1. The molecule has 7 heteroatoms. The van der Waals surface area contributed by atoms with Crippen LogP contribution in [0.3, 0.4) is 0 Å². The van der Waals surface area contributed by atoms with E-state index in [1.807, 2.05) is 29.8 Å². The highest BCUT2D eigenvalue weighted by atomic mass is 79.9. The lowest BCUT2D eigenvalue weighted by Crippen LogP contribution is -2.00. The third-order valence-electron chi connectivity index (χ3n) is 2.98. The lowest BCUT2D eigenvalue weighted by Gasteiger charge is -2.07. The number of hydrogen-bond donors (Lipinski definition) is 1. The molecule has 3 aromatic rings. The average molecular weight is 364 g/mol. The first kappa shape index (κ1) is 14.0. The highest BCUT2D eigenvalue weighted by Gasteiger charge is 2.08. The summed E-state index contributed by atoms with van der Waals surface area (Å²) < 4.78 is 1.81. The minimum absolute atomic E-state index is 0.0825. The molecule has 1 heterocycles. The van der Waals surface area contributed by atoms with E-state index < -0.39 is 4.92 Å². The highest BCUT2D eigenvalue weighted by Crippen LogP contribution is 2.24. The molecule has 106 valence electrons. The molecule has 3 rings (SSSR count). The molecule has 0 unspecified atom stereocenters. The van der Waals surface area contributed by atoms with Crippen molar-refractivity contribution in [2.75, 3.05) is 5.32 Å². The molecule has 0 fully saturated rings. The third kappa shape index (κ3) is 3.20. The van der Waals surface area contributed by atoms with E-state index in [0.717, 1.165) is 21.5 Å². The molecule has 0 radical (unpaired) electrons. The van der Waals surface area contributed by atoms with Gasteiger partial charge in [-0.25, -0.2) is 4.98 Å². The number of benzene rings is 2. The van der Waals surface area contributed by atoms with Gasteiger partial charge in [0, 0.05) is 28.8 Å². The zero-order valence-electron chi connectivity index (χ0n) is 10.7. The van der Waals surface area contributed by atoms with Crippen LogP contribution in [0.4, 0.5) is 11.4 Å². The van der Waals surface area contributed by atoms with Crippen molar-refractivity contribution < 1.29 is 4.92 Å². The van der Waals surface area contributed by atoms with Gasteiger partial charge in [0.25, 0.3) is 5.69 Å². The Morgan fingerprint density at radius 1 is 1.29 bits per heavy atom. The zero-order chi connectivity index (χ0) is 14.8. The number of nitrogens with one attached hydrogen (secondary N) is 1. The number of rotatable bonds is 4. The van der Waals surface area contributed by atoms with Gasteiger partial charge in [0.15, 0.2) is 0 Å². The summed E-state index contributed by atoms with van der Waals surface area (Å²) in [5, 5.41) is 14.1. The maximum atomic E-state index is 10.9. The van der Waals surface area contributed by atoms with E-state index in [9.17, 15) is 10.1 Å². The monoisotopic (exact) mass is 363 g/mol. The number of hydrogen-bond acceptors (Lipinski definition) is 5. The fourth-order valence-electron chi connectivity index (χ4n) is 2.01. The topological polar surface area (TPSA) is 68.1 Å². The predicted octanol–water partition coefficient (Wildman–Crippen LogP) is 4.58. The smallest absolute Gasteiger partial charge is 0.270 e. The van der Waals surface area contributed by atoms with Crippen LogP contribution in [-0.4, -0.2) is 9.91 Å².